The number of nitrogens with zero attached hydrogens (tertiary/aromatic N) is 7. The van der Waals surface area contributed by atoms with Gasteiger partial charge in [0.15, 0.2) is 0 Å². The molecular weight excluding hydrogens is 558 g/mol. The molecule has 0 radical (unpaired) electrons. The first-order valence-corrected chi connectivity index (χ1v) is 15.9. The Labute approximate surface area is 223 Å². The highest BCUT2D eigenvalue weighted by atomic mass is 32.2. The number of aromatic nitrogens is 6. The van der Waals surface area contributed by atoms with E-state index in [0.717, 1.165) is 29.1 Å². The van der Waals surface area contributed by atoms with Crippen molar-refractivity contribution in [2.75, 3.05) is 30.4 Å². The molecule has 17 heteroatoms. The Morgan fingerprint density at radius 3 is 2.51 bits per heavy atom. The third-order valence-electron chi connectivity index (χ3n) is 7.35. The maximum atomic E-state index is 13.9. The van der Waals surface area contributed by atoms with Gasteiger partial charge in [-0.05, 0) is 37.7 Å². The van der Waals surface area contributed by atoms with E-state index in [1.165, 1.54) is 15.1 Å². The van der Waals surface area contributed by atoms with Crippen LogP contribution in [-0.4, -0.2) is 81.0 Å². The van der Waals surface area contributed by atoms with Crippen LogP contribution in [0.5, 0.6) is 0 Å². The molecule has 2 fully saturated rings. The maximum absolute atomic E-state index is 13.9. The fourth-order valence-corrected chi connectivity index (χ4v) is 7.77. The molecule has 3 aromatic rings. The van der Waals surface area contributed by atoms with Gasteiger partial charge in [-0.1, -0.05) is 6.42 Å². The standard InChI is InChI=1S/C22H28F2N8O5S2/c1-38(34,35)30-7-5-16(6-8-30)28-22-26-10-15-9-17(19(23)24)21(33)32(20(15)29-22)18-4-2-3-14(18)11-39(36,37)31-13-25-12-27-31/h9-10,12-14,16,18-19H,2-8,11H2,1H3,(H,26,28,29). The van der Waals surface area contributed by atoms with Crippen LogP contribution in [0.3, 0.4) is 0 Å². The lowest BCUT2D eigenvalue weighted by molar-refractivity contribution is 0.148. The largest absolute Gasteiger partial charge is 0.351 e. The van der Waals surface area contributed by atoms with Crippen molar-refractivity contribution in [1.29, 1.82) is 0 Å². The summed E-state index contributed by atoms with van der Waals surface area (Å²) in [5.74, 6) is -0.717. The zero-order chi connectivity index (χ0) is 27.9. The zero-order valence-corrected chi connectivity index (χ0v) is 22.7. The predicted molar refractivity (Wildman–Crippen MR) is 137 cm³/mol. The van der Waals surface area contributed by atoms with E-state index < -0.39 is 49.6 Å². The summed E-state index contributed by atoms with van der Waals surface area (Å²) in [4.78, 5) is 25.8. The molecule has 0 bridgehead atoms. The molecule has 0 amide bonds. The van der Waals surface area contributed by atoms with Gasteiger partial charge in [0.1, 0.15) is 18.3 Å². The number of sulfonamides is 1. The molecule has 0 spiro atoms. The third-order valence-corrected chi connectivity index (χ3v) is 10.3. The summed E-state index contributed by atoms with van der Waals surface area (Å²) in [6.07, 6.45) is 4.16. The molecule has 13 nitrogen and oxygen atoms in total. The second-order valence-electron chi connectivity index (χ2n) is 9.93. The van der Waals surface area contributed by atoms with Crippen LogP contribution in [0.2, 0.25) is 0 Å². The Balaban J connectivity index is 1.49. The molecule has 4 heterocycles. The van der Waals surface area contributed by atoms with Gasteiger partial charge in [-0.25, -0.2) is 39.9 Å². The number of piperidine rings is 1. The number of rotatable bonds is 8. The smallest absolute Gasteiger partial charge is 0.269 e. The Bertz CT molecular complexity index is 1620. The minimum Gasteiger partial charge on any atom is -0.351 e. The van der Waals surface area contributed by atoms with Crippen LogP contribution in [0.25, 0.3) is 11.0 Å². The predicted octanol–water partition coefficient (Wildman–Crippen LogP) is 1.38. The molecule has 2 atom stereocenters. The fourth-order valence-electron chi connectivity index (χ4n) is 5.43. The molecule has 0 aromatic carbocycles. The number of alkyl halides is 2. The van der Waals surface area contributed by atoms with Crippen molar-refractivity contribution in [3.05, 3.63) is 40.8 Å². The van der Waals surface area contributed by atoms with E-state index in [1.807, 2.05) is 0 Å². The number of fused-ring (bicyclic) bond motifs is 1. The van der Waals surface area contributed by atoms with Crippen LogP contribution < -0.4 is 10.9 Å². The fraction of sp³-hybridized carbons (Fsp3) is 0.591. The Kier molecular flexibility index (Phi) is 7.41. The highest BCUT2D eigenvalue weighted by Gasteiger charge is 2.36. The Morgan fingerprint density at radius 1 is 1.13 bits per heavy atom. The van der Waals surface area contributed by atoms with E-state index in [2.05, 4.69) is 25.4 Å². The molecule has 1 saturated carbocycles. The summed E-state index contributed by atoms with van der Waals surface area (Å²) in [5, 5.41) is 7.10. The van der Waals surface area contributed by atoms with Crippen LogP contribution in [0.15, 0.2) is 29.7 Å². The van der Waals surface area contributed by atoms with Crippen molar-refractivity contribution in [1.82, 2.24) is 33.0 Å². The quantitative estimate of drug-likeness (QED) is 0.408. The molecule has 1 saturated heterocycles. The van der Waals surface area contributed by atoms with Crippen LogP contribution in [0, 0.1) is 5.92 Å². The molecule has 212 valence electrons. The van der Waals surface area contributed by atoms with Crippen LogP contribution in [-0.2, 0) is 20.0 Å². The molecule has 1 aliphatic heterocycles. The van der Waals surface area contributed by atoms with Gasteiger partial charge >= 0.3 is 0 Å². The first-order chi connectivity index (χ1) is 18.4. The lowest BCUT2D eigenvalue weighted by Crippen LogP contribution is -2.42. The highest BCUT2D eigenvalue weighted by molar-refractivity contribution is 7.89. The van der Waals surface area contributed by atoms with Gasteiger partial charge in [0.2, 0.25) is 16.0 Å². The van der Waals surface area contributed by atoms with E-state index in [9.17, 15) is 30.4 Å². The summed E-state index contributed by atoms with van der Waals surface area (Å²) < 4.78 is 80.4. The number of pyridine rings is 1. The number of hydrogen-bond donors (Lipinski definition) is 1. The van der Waals surface area contributed by atoms with E-state index in [1.54, 1.807) is 0 Å². The minimum atomic E-state index is -3.89. The maximum Gasteiger partial charge on any atom is 0.269 e. The molecule has 1 N–H and O–H groups in total. The molecular formula is C22H28F2N8O5S2. The van der Waals surface area contributed by atoms with Gasteiger partial charge in [0, 0.05) is 36.8 Å². The van der Waals surface area contributed by atoms with Crippen molar-refractivity contribution in [2.24, 2.45) is 5.92 Å². The highest BCUT2D eigenvalue weighted by Crippen LogP contribution is 2.38. The Hall–Kier alpha value is -3.05. The molecule has 2 aliphatic rings. The van der Waals surface area contributed by atoms with Crippen molar-refractivity contribution in [3.63, 3.8) is 0 Å². The van der Waals surface area contributed by atoms with Crippen molar-refractivity contribution in [2.45, 2.75) is 50.6 Å². The van der Waals surface area contributed by atoms with E-state index >= 15 is 0 Å². The van der Waals surface area contributed by atoms with Crippen molar-refractivity contribution >= 4 is 37.0 Å². The lowest BCUT2D eigenvalue weighted by atomic mass is 10.0. The van der Waals surface area contributed by atoms with Crippen molar-refractivity contribution < 1.29 is 25.6 Å². The van der Waals surface area contributed by atoms with E-state index in [0.29, 0.717) is 45.2 Å². The minimum absolute atomic E-state index is 0.130. The zero-order valence-electron chi connectivity index (χ0n) is 21.0. The third kappa shape index (κ3) is 5.65. The summed E-state index contributed by atoms with van der Waals surface area (Å²) in [7, 11) is -7.18. The van der Waals surface area contributed by atoms with Crippen molar-refractivity contribution in [3.8, 4) is 0 Å². The van der Waals surface area contributed by atoms with Crippen LogP contribution in [0.4, 0.5) is 14.7 Å². The molecule has 3 aromatic heterocycles. The monoisotopic (exact) mass is 586 g/mol. The van der Waals surface area contributed by atoms with Crippen LogP contribution >= 0.6 is 0 Å². The first kappa shape index (κ1) is 27.5. The number of halogens is 2. The molecule has 1 aliphatic carbocycles. The Morgan fingerprint density at radius 2 is 1.87 bits per heavy atom. The summed E-state index contributed by atoms with van der Waals surface area (Å²) in [6.45, 7) is 0.660. The SMILES string of the molecule is CS(=O)(=O)N1CCC(Nc2ncc3cc(C(F)F)c(=O)n(C4CCCC4CS(=O)(=O)n4cncn4)c3n2)CC1. The molecule has 39 heavy (non-hydrogen) atoms. The summed E-state index contributed by atoms with van der Waals surface area (Å²) in [5.41, 5.74) is -1.49. The van der Waals surface area contributed by atoms with Gasteiger partial charge in [-0.2, -0.15) is 4.98 Å². The summed E-state index contributed by atoms with van der Waals surface area (Å²) in [6, 6.07) is 0.259. The lowest BCUT2D eigenvalue weighted by Gasteiger charge is -2.30. The van der Waals surface area contributed by atoms with Crippen LogP contribution in [0.1, 0.15) is 50.1 Å². The number of anilines is 1. The van der Waals surface area contributed by atoms with Gasteiger partial charge < -0.3 is 5.32 Å². The molecule has 2 unspecified atom stereocenters. The van der Waals surface area contributed by atoms with Gasteiger partial charge in [-0.3, -0.25) is 9.36 Å². The summed E-state index contributed by atoms with van der Waals surface area (Å²) >= 11 is 0. The van der Waals surface area contributed by atoms with Gasteiger partial charge in [0.25, 0.3) is 22.0 Å². The average Bonchev–Trinajstić information content (AvgIpc) is 3.56. The normalized spacial score (nSPS) is 21.6. The second-order valence-corrected chi connectivity index (χ2v) is 13.8. The van der Waals surface area contributed by atoms with Gasteiger partial charge in [-0.15, -0.1) is 9.19 Å². The number of nitrogens with one attached hydrogen (secondary N) is 1. The number of hydrogen-bond acceptors (Lipinski definition) is 10. The van der Waals surface area contributed by atoms with Gasteiger partial charge in [0.05, 0.1) is 17.6 Å². The topological polar surface area (TPSA) is 162 Å². The first-order valence-electron chi connectivity index (χ1n) is 12.4. The second kappa shape index (κ2) is 10.5. The molecule has 5 rings (SSSR count). The van der Waals surface area contributed by atoms with E-state index in [4.69, 9.17) is 0 Å². The van der Waals surface area contributed by atoms with E-state index in [-0.39, 0.29) is 28.8 Å². The average molecular weight is 587 g/mol.